The summed E-state index contributed by atoms with van der Waals surface area (Å²) < 4.78 is 45.5. The molecule has 1 fully saturated rings. The Morgan fingerprint density at radius 1 is 1.29 bits per heavy atom. The van der Waals surface area contributed by atoms with Crippen LogP contribution < -0.4 is 11.1 Å². The van der Waals surface area contributed by atoms with E-state index in [9.17, 15) is 22.8 Å². The number of hydrogen-bond acceptors (Lipinski definition) is 4. The van der Waals surface area contributed by atoms with Crippen LogP contribution >= 0.6 is 12.4 Å². The largest absolute Gasteiger partial charge is 0.376 e. The standard InChI is InChI=1S/C18H24F3N3O3.ClH/c1-10(2)27-9-16-18(26)23-3-4-24(16)17(25)7-12(22)5-11-6-14(20)15(21)8-13(11)19;/h6,8,10,12,16H,3-5,7,9,22H2,1-2H3,(H,23,26);1H/t12-,16-;/m1./s1. The lowest BCUT2D eigenvalue weighted by atomic mass is 10.0. The van der Waals surface area contributed by atoms with Gasteiger partial charge in [-0.1, -0.05) is 0 Å². The molecule has 1 aromatic carbocycles. The van der Waals surface area contributed by atoms with E-state index in [2.05, 4.69) is 5.32 Å². The first-order valence-corrected chi connectivity index (χ1v) is 8.76. The minimum Gasteiger partial charge on any atom is -0.376 e. The van der Waals surface area contributed by atoms with Gasteiger partial charge < -0.3 is 20.7 Å². The summed E-state index contributed by atoms with van der Waals surface area (Å²) in [6, 6.07) is -0.384. The first-order valence-electron chi connectivity index (χ1n) is 8.76. The highest BCUT2D eigenvalue weighted by Gasteiger charge is 2.34. The Kier molecular flexibility index (Phi) is 9.19. The van der Waals surface area contributed by atoms with Crippen LogP contribution in [0.1, 0.15) is 25.8 Å². The Morgan fingerprint density at radius 3 is 2.57 bits per heavy atom. The number of carbonyl (C=O) groups is 2. The summed E-state index contributed by atoms with van der Waals surface area (Å²) in [5, 5.41) is 2.68. The van der Waals surface area contributed by atoms with Crippen molar-refractivity contribution in [2.24, 2.45) is 5.73 Å². The molecule has 1 saturated heterocycles. The molecule has 6 nitrogen and oxygen atoms in total. The lowest BCUT2D eigenvalue weighted by Gasteiger charge is -2.35. The second-order valence-electron chi connectivity index (χ2n) is 6.80. The number of piperazine rings is 1. The monoisotopic (exact) mass is 423 g/mol. The van der Waals surface area contributed by atoms with Crippen LogP contribution in [0.4, 0.5) is 13.2 Å². The third-order valence-electron chi connectivity index (χ3n) is 4.25. The highest BCUT2D eigenvalue weighted by Crippen LogP contribution is 2.17. The average molecular weight is 424 g/mol. The maximum absolute atomic E-state index is 13.7. The van der Waals surface area contributed by atoms with Crippen molar-refractivity contribution in [2.75, 3.05) is 19.7 Å². The molecule has 1 aliphatic rings. The van der Waals surface area contributed by atoms with Crippen LogP contribution in [0.25, 0.3) is 0 Å². The van der Waals surface area contributed by atoms with Gasteiger partial charge in [-0.05, 0) is 31.9 Å². The van der Waals surface area contributed by atoms with Crippen LogP contribution in [0.2, 0.25) is 0 Å². The Balaban J connectivity index is 0.00000392. The number of hydrogen-bond donors (Lipinski definition) is 2. The Bertz CT molecular complexity index is 706. The quantitative estimate of drug-likeness (QED) is 0.651. The van der Waals surface area contributed by atoms with E-state index >= 15 is 0 Å². The molecular weight excluding hydrogens is 399 g/mol. The molecule has 28 heavy (non-hydrogen) atoms. The van der Waals surface area contributed by atoms with Gasteiger partial charge in [-0.3, -0.25) is 9.59 Å². The topological polar surface area (TPSA) is 84.7 Å². The first-order chi connectivity index (χ1) is 12.7. The van der Waals surface area contributed by atoms with Crippen LogP contribution in [0.15, 0.2) is 12.1 Å². The second-order valence-corrected chi connectivity index (χ2v) is 6.80. The fourth-order valence-corrected chi connectivity index (χ4v) is 2.88. The van der Waals surface area contributed by atoms with Gasteiger partial charge in [-0.25, -0.2) is 13.2 Å². The summed E-state index contributed by atoms with van der Waals surface area (Å²) in [7, 11) is 0. The molecule has 1 heterocycles. The summed E-state index contributed by atoms with van der Waals surface area (Å²) in [5.41, 5.74) is 5.80. The molecule has 1 aromatic rings. The number of amides is 2. The lowest BCUT2D eigenvalue weighted by Crippen LogP contribution is -2.59. The molecule has 3 N–H and O–H groups in total. The fraction of sp³-hybridized carbons (Fsp3) is 0.556. The zero-order chi connectivity index (χ0) is 20.1. The maximum atomic E-state index is 13.7. The number of halogens is 4. The molecule has 2 amide bonds. The lowest BCUT2D eigenvalue weighted by molar-refractivity contribution is -0.146. The first kappa shape index (κ1) is 24.2. The van der Waals surface area contributed by atoms with Crippen LogP contribution in [0, 0.1) is 17.5 Å². The molecule has 1 aliphatic heterocycles. The van der Waals surface area contributed by atoms with E-state index < -0.39 is 29.5 Å². The molecule has 2 rings (SSSR count). The fourth-order valence-electron chi connectivity index (χ4n) is 2.88. The van der Waals surface area contributed by atoms with Crippen molar-refractivity contribution >= 4 is 24.2 Å². The normalized spacial score (nSPS) is 17.9. The van der Waals surface area contributed by atoms with Gasteiger partial charge in [0.25, 0.3) is 0 Å². The third kappa shape index (κ3) is 6.35. The summed E-state index contributed by atoms with van der Waals surface area (Å²) >= 11 is 0. The predicted octanol–water partition coefficient (Wildman–Crippen LogP) is 1.54. The van der Waals surface area contributed by atoms with Crippen molar-refractivity contribution in [3.63, 3.8) is 0 Å². The van der Waals surface area contributed by atoms with E-state index in [1.165, 1.54) is 4.90 Å². The average Bonchev–Trinajstić information content (AvgIpc) is 2.58. The molecule has 0 unspecified atom stereocenters. The van der Waals surface area contributed by atoms with Crippen molar-refractivity contribution in [2.45, 2.75) is 44.9 Å². The molecule has 2 atom stereocenters. The van der Waals surface area contributed by atoms with E-state index in [0.29, 0.717) is 19.2 Å². The second kappa shape index (κ2) is 10.6. The van der Waals surface area contributed by atoms with Crippen LogP contribution in [-0.2, 0) is 20.7 Å². The molecule has 0 aromatic heterocycles. The van der Waals surface area contributed by atoms with Gasteiger partial charge >= 0.3 is 0 Å². The predicted molar refractivity (Wildman–Crippen MR) is 99.5 cm³/mol. The molecule has 10 heteroatoms. The van der Waals surface area contributed by atoms with Gasteiger partial charge in [0.05, 0.1) is 12.7 Å². The summed E-state index contributed by atoms with van der Waals surface area (Å²) in [6.07, 6.45) is -0.401. The van der Waals surface area contributed by atoms with E-state index in [4.69, 9.17) is 10.5 Å². The zero-order valence-electron chi connectivity index (χ0n) is 15.7. The van der Waals surface area contributed by atoms with Crippen molar-refractivity contribution in [3.8, 4) is 0 Å². The van der Waals surface area contributed by atoms with E-state index in [-0.39, 0.29) is 55.3 Å². The number of rotatable bonds is 7. The van der Waals surface area contributed by atoms with E-state index in [0.717, 1.165) is 6.07 Å². The highest BCUT2D eigenvalue weighted by molar-refractivity contribution is 5.89. The third-order valence-corrected chi connectivity index (χ3v) is 4.25. The number of nitrogens with one attached hydrogen (secondary N) is 1. The van der Waals surface area contributed by atoms with Gasteiger partial charge in [0.15, 0.2) is 11.6 Å². The van der Waals surface area contributed by atoms with Gasteiger partial charge in [-0.15, -0.1) is 12.4 Å². The summed E-state index contributed by atoms with van der Waals surface area (Å²) in [4.78, 5) is 26.0. The smallest absolute Gasteiger partial charge is 0.245 e. The number of benzene rings is 1. The van der Waals surface area contributed by atoms with Crippen molar-refractivity contribution < 1.29 is 27.5 Å². The molecule has 0 bridgehead atoms. The van der Waals surface area contributed by atoms with Crippen molar-refractivity contribution in [1.29, 1.82) is 0 Å². The number of nitrogens with two attached hydrogens (primary N) is 1. The minimum absolute atomic E-state index is 0. The van der Waals surface area contributed by atoms with Gasteiger partial charge in [0, 0.05) is 31.6 Å². The highest BCUT2D eigenvalue weighted by atomic mass is 35.5. The van der Waals surface area contributed by atoms with Crippen LogP contribution in [-0.4, -0.2) is 54.6 Å². The number of ether oxygens (including phenoxy) is 1. The minimum atomic E-state index is -1.28. The van der Waals surface area contributed by atoms with Crippen LogP contribution in [0.3, 0.4) is 0 Å². The zero-order valence-corrected chi connectivity index (χ0v) is 16.5. The molecule has 0 spiro atoms. The maximum Gasteiger partial charge on any atom is 0.245 e. The molecule has 0 radical (unpaired) electrons. The van der Waals surface area contributed by atoms with Crippen molar-refractivity contribution in [3.05, 3.63) is 35.1 Å². The SMILES string of the molecule is CC(C)OC[C@@H]1C(=O)NCCN1C(=O)C[C@H](N)Cc1cc(F)c(F)cc1F.Cl. The Hall–Kier alpha value is -1.84. The van der Waals surface area contributed by atoms with Crippen molar-refractivity contribution in [1.82, 2.24) is 10.2 Å². The van der Waals surface area contributed by atoms with E-state index in [1.807, 2.05) is 13.8 Å². The van der Waals surface area contributed by atoms with Gasteiger partial charge in [-0.2, -0.15) is 0 Å². The molecular formula is C18H25ClF3N3O3. The Labute approximate surface area is 168 Å². The Morgan fingerprint density at radius 2 is 1.93 bits per heavy atom. The van der Waals surface area contributed by atoms with Crippen LogP contribution in [0.5, 0.6) is 0 Å². The summed E-state index contributed by atoms with van der Waals surface area (Å²) in [6.45, 7) is 4.32. The molecule has 158 valence electrons. The number of nitrogens with zero attached hydrogens (tertiary/aromatic N) is 1. The summed E-state index contributed by atoms with van der Waals surface area (Å²) in [5.74, 6) is -4.07. The number of carbonyl (C=O) groups excluding carboxylic acids is 2. The molecule has 0 saturated carbocycles. The van der Waals surface area contributed by atoms with Gasteiger partial charge in [0.2, 0.25) is 11.8 Å². The molecule has 0 aliphatic carbocycles. The van der Waals surface area contributed by atoms with E-state index in [1.54, 1.807) is 0 Å². The van der Waals surface area contributed by atoms with Gasteiger partial charge in [0.1, 0.15) is 11.9 Å².